The highest BCUT2D eigenvalue weighted by atomic mass is 35.5. The van der Waals surface area contributed by atoms with Crippen LogP contribution in [0.4, 0.5) is 0 Å². The van der Waals surface area contributed by atoms with Crippen LogP contribution in [0.2, 0.25) is 5.02 Å². The van der Waals surface area contributed by atoms with Crippen LogP contribution in [0, 0.1) is 11.8 Å². The van der Waals surface area contributed by atoms with Crippen LogP contribution in [0.3, 0.4) is 0 Å². The van der Waals surface area contributed by atoms with Crippen molar-refractivity contribution in [3.8, 4) is 22.4 Å². The van der Waals surface area contributed by atoms with Gasteiger partial charge < -0.3 is 9.84 Å². The Bertz CT molecular complexity index is 1090. The average molecular weight is 481 g/mol. The summed E-state index contributed by atoms with van der Waals surface area (Å²) in [6.07, 6.45) is 6.36. The lowest BCUT2D eigenvalue weighted by Crippen LogP contribution is -2.23. The van der Waals surface area contributed by atoms with Crippen molar-refractivity contribution in [3.63, 3.8) is 0 Å². The number of aromatic nitrogens is 2. The normalized spacial score (nSPS) is 18.2. The number of halogens is 1. The van der Waals surface area contributed by atoms with E-state index >= 15 is 0 Å². The number of rotatable bonds is 10. The quantitative estimate of drug-likeness (QED) is 0.349. The number of ether oxygens (including phenoxy) is 1. The van der Waals surface area contributed by atoms with Gasteiger partial charge in [-0.25, -0.2) is 4.79 Å². The number of carboxylic acid groups (broad SMARTS) is 1. The first-order valence-corrected chi connectivity index (χ1v) is 12.6. The molecule has 180 valence electrons. The lowest BCUT2D eigenvalue weighted by Gasteiger charge is -2.28. The molecule has 1 N–H and O–H groups in total. The highest BCUT2D eigenvalue weighted by Crippen LogP contribution is 2.38. The fourth-order valence-corrected chi connectivity index (χ4v) is 5.21. The van der Waals surface area contributed by atoms with Gasteiger partial charge in [-0.15, -0.1) is 0 Å². The molecule has 5 nitrogen and oxygen atoms in total. The maximum Gasteiger partial charge on any atom is 0.329 e. The fourth-order valence-electron chi connectivity index (χ4n) is 5.02. The minimum absolute atomic E-state index is 0.206. The van der Waals surface area contributed by atoms with E-state index in [1.165, 1.54) is 11.3 Å². The smallest absolute Gasteiger partial charge is 0.329 e. The summed E-state index contributed by atoms with van der Waals surface area (Å²) in [5, 5.41) is 14.7. The molecule has 0 aliphatic heterocycles. The Morgan fingerprint density at radius 3 is 2.44 bits per heavy atom. The molecule has 0 unspecified atom stereocenters. The minimum Gasteiger partial charge on any atom is -0.480 e. The molecule has 0 saturated heterocycles. The lowest BCUT2D eigenvalue weighted by atomic mass is 9.82. The second kappa shape index (κ2) is 11.7. The van der Waals surface area contributed by atoms with Crippen molar-refractivity contribution in [1.29, 1.82) is 0 Å². The third-order valence-electron chi connectivity index (χ3n) is 6.68. The Labute approximate surface area is 206 Å². The first-order chi connectivity index (χ1) is 16.5. The van der Waals surface area contributed by atoms with E-state index in [-0.39, 0.29) is 6.61 Å². The van der Waals surface area contributed by atoms with Gasteiger partial charge in [0.05, 0.1) is 6.61 Å². The number of hydrogen-bond acceptors (Lipinski definition) is 3. The second-order valence-corrected chi connectivity index (χ2v) is 9.71. The van der Waals surface area contributed by atoms with Crippen LogP contribution in [0.1, 0.15) is 44.7 Å². The summed E-state index contributed by atoms with van der Waals surface area (Å²) in [5.74, 6) is 0.104. The van der Waals surface area contributed by atoms with Gasteiger partial charge in [0.2, 0.25) is 0 Å². The van der Waals surface area contributed by atoms with Gasteiger partial charge in [-0.3, -0.25) is 4.68 Å². The topological polar surface area (TPSA) is 64.4 Å². The summed E-state index contributed by atoms with van der Waals surface area (Å²) in [6, 6.07) is 18.5. The van der Waals surface area contributed by atoms with Crippen LogP contribution in [0.25, 0.3) is 22.4 Å². The maximum atomic E-state index is 10.7. The Hall–Kier alpha value is -2.63. The monoisotopic (exact) mass is 480 g/mol. The van der Waals surface area contributed by atoms with Gasteiger partial charge >= 0.3 is 5.97 Å². The predicted molar refractivity (Wildman–Crippen MR) is 136 cm³/mol. The van der Waals surface area contributed by atoms with Crippen molar-refractivity contribution in [2.75, 3.05) is 13.2 Å². The summed E-state index contributed by atoms with van der Waals surface area (Å²) < 4.78 is 7.58. The predicted octanol–water partition coefficient (Wildman–Crippen LogP) is 6.73. The van der Waals surface area contributed by atoms with Gasteiger partial charge in [0.15, 0.2) is 0 Å². The van der Waals surface area contributed by atoms with Crippen molar-refractivity contribution in [3.05, 3.63) is 65.3 Å². The van der Waals surface area contributed by atoms with Crippen molar-refractivity contribution < 1.29 is 14.6 Å². The Morgan fingerprint density at radius 1 is 1.06 bits per heavy atom. The second-order valence-electron chi connectivity index (χ2n) is 9.27. The SMILES string of the molecule is CCCc1c(-c2cccc(Cl)c2)c(-c2ccccc2)nn1C[C@H]1CC[C@@H](COCC(=O)O)CC1. The van der Waals surface area contributed by atoms with Crippen LogP contribution >= 0.6 is 11.6 Å². The zero-order valence-electron chi connectivity index (χ0n) is 19.8. The van der Waals surface area contributed by atoms with Crippen LogP contribution in [-0.2, 0) is 22.5 Å². The van der Waals surface area contributed by atoms with Gasteiger partial charge in [-0.05, 0) is 61.6 Å². The summed E-state index contributed by atoms with van der Waals surface area (Å²) in [6.45, 7) is 3.45. The Kier molecular flexibility index (Phi) is 8.41. The van der Waals surface area contributed by atoms with Crippen LogP contribution in [0.15, 0.2) is 54.6 Å². The molecule has 1 aliphatic carbocycles. The zero-order valence-corrected chi connectivity index (χ0v) is 20.5. The Balaban J connectivity index is 1.59. The van der Waals surface area contributed by atoms with Gasteiger partial charge in [0.25, 0.3) is 0 Å². The molecule has 2 aromatic carbocycles. The number of aliphatic carboxylic acids is 1. The van der Waals surface area contributed by atoms with E-state index in [1.54, 1.807) is 0 Å². The van der Waals surface area contributed by atoms with Crippen molar-refractivity contribution >= 4 is 17.6 Å². The van der Waals surface area contributed by atoms with Crippen LogP contribution in [-0.4, -0.2) is 34.1 Å². The van der Waals surface area contributed by atoms with E-state index in [0.717, 1.165) is 66.9 Å². The molecular formula is C28H33ClN2O3. The third-order valence-corrected chi connectivity index (χ3v) is 6.92. The molecule has 3 aromatic rings. The Morgan fingerprint density at radius 2 is 1.76 bits per heavy atom. The molecule has 1 saturated carbocycles. The first kappa shape index (κ1) is 24.5. The summed E-state index contributed by atoms with van der Waals surface area (Å²) in [5.41, 5.74) is 5.71. The zero-order chi connectivity index (χ0) is 23.9. The van der Waals surface area contributed by atoms with Gasteiger partial charge in [-0.2, -0.15) is 5.10 Å². The van der Waals surface area contributed by atoms with Crippen LogP contribution in [0.5, 0.6) is 0 Å². The van der Waals surface area contributed by atoms with Gasteiger partial charge in [0.1, 0.15) is 12.3 Å². The molecule has 0 bridgehead atoms. The van der Waals surface area contributed by atoms with Crippen LogP contribution < -0.4 is 0 Å². The maximum absolute atomic E-state index is 10.7. The van der Waals surface area contributed by atoms with E-state index in [4.69, 9.17) is 26.5 Å². The molecule has 0 atom stereocenters. The molecule has 34 heavy (non-hydrogen) atoms. The molecule has 6 heteroatoms. The minimum atomic E-state index is -0.902. The van der Waals surface area contributed by atoms with Crippen molar-refractivity contribution in [1.82, 2.24) is 9.78 Å². The summed E-state index contributed by atoms with van der Waals surface area (Å²) in [4.78, 5) is 10.7. The molecule has 0 spiro atoms. The third kappa shape index (κ3) is 6.08. The summed E-state index contributed by atoms with van der Waals surface area (Å²) in [7, 11) is 0. The van der Waals surface area contributed by atoms with E-state index in [1.807, 2.05) is 24.3 Å². The number of nitrogens with zero attached hydrogens (tertiary/aromatic N) is 2. The first-order valence-electron chi connectivity index (χ1n) is 12.3. The fraction of sp³-hybridized carbons (Fsp3) is 0.429. The molecule has 0 amide bonds. The number of carboxylic acids is 1. The molecule has 0 radical (unpaired) electrons. The number of carbonyl (C=O) groups is 1. The van der Waals surface area contributed by atoms with Gasteiger partial charge in [-0.1, -0.05) is 67.4 Å². The largest absolute Gasteiger partial charge is 0.480 e. The molecule has 4 rings (SSSR count). The number of hydrogen-bond donors (Lipinski definition) is 1. The lowest BCUT2D eigenvalue weighted by molar-refractivity contribution is -0.142. The molecule has 1 aromatic heterocycles. The molecule has 1 fully saturated rings. The van der Waals surface area contributed by atoms with E-state index in [2.05, 4.69) is 41.9 Å². The highest BCUT2D eigenvalue weighted by molar-refractivity contribution is 6.30. The molecule has 1 aliphatic rings. The highest BCUT2D eigenvalue weighted by Gasteiger charge is 2.25. The van der Waals surface area contributed by atoms with Crippen molar-refractivity contribution in [2.24, 2.45) is 11.8 Å². The van der Waals surface area contributed by atoms with E-state index in [9.17, 15) is 4.79 Å². The standard InChI is InChI=1S/C28H33ClN2O3/c1-2-7-25-27(23-10-6-11-24(29)16-23)28(22-8-4-3-5-9-22)30-31(25)17-20-12-14-21(15-13-20)18-34-19-26(32)33/h3-6,8-11,16,20-21H,2,7,12-15,17-19H2,1H3,(H,32,33)/t20-,21+. The molecule has 1 heterocycles. The van der Waals surface area contributed by atoms with E-state index in [0.29, 0.717) is 18.4 Å². The van der Waals surface area contributed by atoms with Crippen molar-refractivity contribution in [2.45, 2.75) is 52.0 Å². The number of benzene rings is 2. The summed E-state index contributed by atoms with van der Waals surface area (Å²) >= 11 is 6.38. The molecular weight excluding hydrogens is 448 g/mol. The van der Waals surface area contributed by atoms with Gasteiger partial charge in [0, 0.05) is 28.4 Å². The van der Waals surface area contributed by atoms with E-state index < -0.39 is 5.97 Å². The average Bonchev–Trinajstić information content (AvgIpc) is 3.19.